The van der Waals surface area contributed by atoms with E-state index in [0.29, 0.717) is 12.8 Å². The summed E-state index contributed by atoms with van der Waals surface area (Å²) >= 11 is 0. The van der Waals surface area contributed by atoms with Gasteiger partial charge in [0, 0.05) is 12.8 Å². The molecular formula is C28H54O5. The number of carbonyl (C=O) groups is 2. The van der Waals surface area contributed by atoms with Crippen molar-refractivity contribution in [3.8, 4) is 0 Å². The number of unbranched alkanes of at least 4 members (excludes halogenated alkanes) is 16. The van der Waals surface area contributed by atoms with Crippen LogP contribution in [0.5, 0.6) is 0 Å². The maximum absolute atomic E-state index is 13.0. The first-order valence-corrected chi connectivity index (χ1v) is 14.0. The van der Waals surface area contributed by atoms with E-state index in [0.717, 1.165) is 38.5 Å². The summed E-state index contributed by atoms with van der Waals surface area (Å²) in [6, 6.07) is 0. The molecule has 0 unspecified atom stereocenters. The van der Waals surface area contributed by atoms with Gasteiger partial charge in [0.1, 0.15) is 0 Å². The maximum Gasteiger partial charge on any atom is 0.295 e. The van der Waals surface area contributed by atoms with Crippen molar-refractivity contribution in [2.45, 2.75) is 162 Å². The van der Waals surface area contributed by atoms with E-state index in [9.17, 15) is 24.9 Å². The van der Waals surface area contributed by atoms with Gasteiger partial charge in [0.05, 0.1) is 0 Å². The van der Waals surface area contributed by atoms with E-state index < -0.39 is 23.0 Å². The number of hydrogen-bond acceptors (Lipinski definition) is 5. The molecular weight excluding hydrogens is 416 g/mol. The molecule has 3 N–H and O–H groups in total. The smallest absolute Gasteiger partial charge is 0.295 e. The molecule has 0 radical (unpaired) electrons. The first-order valence-electron chi connectivity index (χ1n) is 14.0. The number of ketones is 2. The molecule has 0 fully saturated rings. The Hall–Kier alpha value is -0.780. The van der Waals surface area contributed by atoms with E-state index in [1.807, 2.05) is 0 Å². The molecule has 0 rings (SSSR count). The number of rotatable bonds is 24. The van der Waals surface area contributed by atoms with E-state index >= 15 is 0 Å². The topological polar surface area (TPSA) is 94.8 Å². The number of hydrogen-bond donors (Lipinski definition) is 3. The fraction of sp³-hybridized carbons (Fsp3) is 0.929. The fourth-order valence-electron chi connectivity index (χ4n) is 4.78. The van der Waals surface area contributed by atoms with E-state index in [4.69, 9.17) is 0 Å². The van der Waals surface area contributed by atoms with Crippen LogP contribution in [-0.2, 0) is 9.59 Å². The molecule has 0 bridgehead atoms. The van der Waals surface area contributed by atoms with Crippen molar-refractivity contribution < 1.29 is 24.9 Å². The lowest BCUT2D eigenvalue weighted by atomic mass is 9.71. The fourth-order valence-corrected chi connectivity index (χ4v) is 4.78. The van der Waals surface area contributed by atoms with Gasteiger partial charge in [-0.25, -0.2) is 0 Å². The molecule has 33 heavy (non-hydrogen) atoms. The van der Waals surface area contributed by atoms with Gasteiger partial charge < -0.3 is 15.3 Å². The van der Waals surface area contributed by atoms with Gasteiger partial charge >= 0.3 is 0 Å². The summed E-state index contributed by atoms with van der Waals surface area (Å²) in [6.07, 6.45) is 19.9. The van der Waals surface area contributed by atoms with Crippen LogP contribution >= 0.6 is 0 Å². The minimum atomic E-state index is -3.31. The van der Waals surface area contributed by atoms with Crippen molar-refractivity contribution in [1.82, 2.24) is 0 Å². The molecule has 196 valence electrons. The first-order chi connectivity index (χ1) is 15.8. The normalized spacial score (nSPS) is 12.3. The van der Waals surface area contributed by atoms with Crippen LogP contribution in [0.4, 0.5) is 0 Å². The lowest BCUT2D eigenvalue weighted by Gasteiger charge is -2.36. The van der Waals surface area contributed by atoms with Crippen LogP contribution in [0.25, 0.3) is 0 Å². The van der Waals surface area contributed by atoms with Crippen molar-refractivity contribution in [3.63, 3.8) is 0 Å². The summed E-state index contributed by atoms with van der Waals surface area (Å²) in [4.78, 5) is 25.9. The Labute approximate surface area is 203 Å². The SMILES string of the molecule is CCCCCCCCCCCC(=O)C(CC)(C(=O)CCCCCCCCCCC)C(O)(O)O. The summed E-state index contributed by atoms with van der Waals surface area (Å²) in [5, 5.41) is 30.1. The second kappa shape index (κ2) is 19.5. The second-order valence-corrected chi connectivity index (χ2v) is 9.90. The minimum absolute atomic E-state index is 0.0939. The van der Waals surface area contributed by atoms with Crippen molar-refractivity contribution in [1.29, 1.82) is 0 Å². The predicted molar refractivity (Wildman–Crippen MR) is 136 cm³/mol. The predicted octanol–water partition coefficient (Wildman–Crippen LogP) is 6.99. The third kappa shape index (κ3) is 13.0. The molecule has 0 aliphatic carbocycles. The molecule has 5 heteroatoms. The zero-order chi connectivity index (χ0) is 25.0. The quantitative estimate of drug-likeness (QED) is 0.0802. The Kier molecular flexibility index (Phi) is 19.1. The van der Waals surface area contributed by atoms with Gasteiger partial charge in [0.15, 0.2) is 17.0 Å². The van der Waals surface area contributed by atoms with Crippen LogP contribution < -0.4 is 0 Å². The average molecular weight is 471 g/mol. The molecule has 0 saturated heterocycles. The van der Waals surface area contributed by atoms with Gasteiger partial charge in [-0.05, 0) is 19.3 Å². The summed E-state index contributed by atoms with van der Waals surface area (Å²) in [5.74, 6) is -4.39. The highest BCUT2D eigenvalue weighted by molar-refractivity contribution is 6.07. The molecule has 0 aromatic heterocycles. The Balaban J connectivity index is 4.44. The molecule has 0 heterocycles. The van der Waals surface area contributed by atoms with Crippen molar-refractivity contribution >= 4 is 11.6 Å². The van der Waals surface area contributed by atoms with Crippen molar-refractivity contribution in [3.05, 3.63) is 0 Å². The Morgan fingerprint density at radius 1 is 0.485 bits per heavy atom. The molecule has 0 aromatic carbocycles. The summed E-state index contributed by atoms with van der Waals surface area (Å²) in [7, 11) is 0. The van der Waals surface area contributed by atoms with Gasteiger partial charge in [-0.2, -0.15) is 0 Å². The first kappa shape index (κ1) is 32.2. The van der Waals surface area contributed by atoms with E-state index in [1.54, 1.807) is 6.92 Å². The van der Waals surface area contributed by atoms with Crippen molar-refractivity contribution in [2.24, 2.45) is 5.41 Å². The molecule has 0 amide bonds. The Morgan fingerprint density at radius 2 is 0.758 bits per heavy atom. The van der Waals surface area contributed by atoms with E-state index in [1.165, 1.54) is 64.2 Å². The van der Waals surface area contributed by atoms with Gasteiger partial charge in [0.25, 0.3) is 5.97 Å². The third-order valence-electron chi connectivity index (χ3n) is 7.07. The highest BCUT2D eigenvalue weighted by Crippen LogP contribution is 2.37. The third-order valence-corrected chi connectivity index (χ3v) is 7.07. The Bertz CT molecular complexity index is 461. The lowest BCUT2D eigenvalue weighted by Crippen LogP contribution is -2.58. The summed E-state index contributed by atoms with van der Waals surface area (Å²) in [5.41, 5.74) is -2.13. The molecule has 0 aliphatic heterocycles. The van der Waals surface area contributed by atoms with Gasteiger partial charge in [-0.3, -0.25) is 9.59 Å². The van der Waals surface area contributed by atoms with Crippen molar-refractivity contribution in [2.75, 3.05) is 0 Å². The lowest BCUT2D eigenvalue weighted by molar-refractivity contribution is -0.355. The highest BCUT2D eigenvalue weighted by Gasteiger charge is 2.57. The largest absolute Gasteiger partial charge is 0.342 e. The molecule has 0 spiro atoms. The number of aliphatic hydroxyl groups is 3. The molecule has 5 nitrogen and oxygen atoms in total. The molecule has 0 aromatic rings. The van der Waals surface area contributed by atoms with E-state index in [-0.39, 0.29) is 19.3 Å². The average Bonchev–Trinajstić information content (AvgIpc) is 2.76. The zero-order valence-corrected chi connectivity index (χ0v) is 22.0. The van der Waals surface area contributed by atoms with Gasteiger partial charge in [0.2, 0.25) is 0 Å². The van der Waals surface area contributed by atoms with Gasteiger partial charge in [-0.1, -0.05) is 124 Å². The monoisotopic (exact) mass is 470 g/mol. The summed E-state index contributed by atoms with van der Waals surface area (Å²) in [6.45, 7) is 5.97. The zero-order valence-electron chi connectivity index (χ0n) is 22.0. The van der Waals surface area contributed by atoms with Crippen LogP contribution in [0.15, 0.2) is 0 Å². The van der Waals surface area contributed by atoms with Crippen LogP contribution in [0.3, 0.4) is 0 Å². The second-order valence-electron chi connectivity index (χ2n) is 9.90. The minimum Gasteiger partial charge on any atom is -0.342 e. The molecule has 0 aliphatic rings. The van der Waals surface area contributed by atoms with Gasteiger partial charge in [-0.15, -0.1) is 0 Å². The van der Waals surface area contributed by atoms with Crippen LogP contribution in [-0.4, -0.2) is 32.9 Å². The van der Waals surface area contributed by atoms with Crippen LogP contribution in [0.1, 0.15) is 156 Å². The Morgan fingerprint density at radius 3 is 1.00 bits per heavy atom. The van der Waals surface area contributed by atoms with Crippen LogP contribution in [0, 0.1) is 5.41 Å². The summed E-state index contributed by atoms with van der Waals surface area (Å²) < 4.78 is 0. The maximum atomic E-state index is 13.0. The number of Topliss-reactive ketones (excluding diaryl/α,β-unsaturated/α-hetero) is 2. The highest BCUT2D eigenvalue weighted by atomic mass is 16.7. The molecule has 0 atom stereocenters. The standard InChI is InChI=1S/C28H54O5/c1-4-7-9-11-13-15-17-19-21-23-25(29)27(6-3,28(31,32)33)26(30)24-22-20-18-16-14-12-10-8-5-2/h31-33H,4-24H2,1-3H3. The van der Waals surface area contributed by atoms with Crippen LogP contribution in [0.2, 0.25) is 0 Å². The molecule has 0 saturated carbocycles. The van der Waals surface area contributed by atoms with E-state index in [2.05, 4.69) is 13.8 Å². The number of carbonyl (C=O) groups excluding carboxylic acids is 2.